The van der Waals surface area contributed by atoms with Crippen LogP contribution in [0.1, 0.15) is 36.5 Å². The molecule has 30 heavy (non-hydrogen) atoms. The van der Waals surface area contributed by atoms with Crippen molar-refractivity contribution in [1.29, 1.82) is 0 Å². The molecule has 0 spiro atoms. The number of nitrogens with one attached hydrogen (secondary N) is 1. The number of hydrogen-bond donors (Lipinski definition) is 2. The van der Waals surface area contributed by atoms with Gasteiger partial charge in [-0.25, -0.2) is 8.42 Å². The van der Waals surface area contributed by atoms with Crippen LogP contribution < -0.4 is 10.1 Å². The highest BCUT2D eigenvalue weighted by atomic mass is 35.5. The Morgan fingerprint density at radius 3 is 2.37 bits per heavy atom. The van der Waals surface area contributed by atoms with Crippen molar-refractivity contribution in [3.63, 3.8) is 0 Å². The van der Waals surface area contributed by atoms with Crippen LogP contribution in [-0.2, 0) is 21.1 Å². The minimum atomic E-state index is -3.14. The van der Waals surface area contributed by atoms with Crippen LogP contribution in [0.15, 0.2) is 30.3 Å². The van der Waals surface area contributed by atoms with Crippen molar-refractivity contribution in [3.05, 3.63) is 57.1 Å². The van der Waals surface area contributed by atoms with Crippen LogP contribution in [-0.4, -0.2) is 44.6 Å². The second kappa shape index (κ2) is 10.4. The SMILES string of the molecule is CC(C)c1cc(Cc2c(Cl)cc(OCC(=O)NCCS(C)(=O)=O)cc2Cl)ccc1O. The summed E-state index contributed by atoms with van der Waals surface area (Å²) in [6.45, 7) is 3.74. The van der Waals surface area contributed by atoms with Gasteiger partial charge in [0.25, 0.3) is 5.91 Å². The molecule has 1 amide bonds. The lowest BCUT2D eigenvalue weighted by atomic mass is 9.96. The number of carbonyl (C=O) groups is 1. The Labute approximate surface area is 187 Å². The van der Waals surface area contributed by atoms with E-state index in [9.17, 15) is 18.3 Å². The summed E-state index contributed by atoms with van der Waals surface area (Å²) in [5, 5.41) is 13.3. The Bertz CT molecular complexity index is 999. The van der Waals surface area contributed by atoms with E-state index in [1.54, 1.807) is 18.2 Å². The third-order valence-corrected chi connectivity index (χ3v) is 5.99. The van der Waals surface area contributed by atoms with Crippen molar-refractivity contribution in [2.24, 2.45) is 0 Å². The van der Waals surface area contributed by atoms with E-state index in [-0.39, 0.29) is 30.6 Å². The summed E-state index contributed by atoms with van der Waals surface area (Å²) in [6, 6.07) is 8.57. The van der Waals surface area contributed by atoms with Crippen molar-refractivity contribution < 1.29 is 23.1 Å². The summed E-state index contributed by atoms with van der Waals surface area (Å²) in [4.78, 5) is 11.8. The first-order chi connectivity index (χ1) is 14.0. The monoisotopic (exact) mass is 473 g/mol. The van der Waals surface area contributed by atoms with Gasteiger partial charge in [-0.1, -0.05) is 49.2 Å². The summed E-state index contributed by atoms with van der Waals surface area (Å²) >= 11 is 12.8. The molecule has 0 radical (unpaired) electrons. The average Bonchev–Trinajstić information content (AvgIpc) is 2.63. The van der Waals surface area contributed by atoms with Crippen molar-refractivity contribution >= 4 is 38.9 Å². The van der Waals surface area contributed by atoms with Gasteiger partial charge in [0, 0.05) is 29.3 Å². The molecule has 0 aromatic heterocycles. The Morgan fingerprint density at radius 2 is 1.80 bits per heavy atom. The third-order valence-electron chi connectivity index (χ3n) is 4.37. The number of phenolic OH excluding ortho intramolecular Hbond substituents is 1. The lowest BCUT2D eigenvalue weighted by Gasteiger charge is -2.14. The molecule has 0 saturated carbocycles. The highest BCUT2D eigenvalue weighted by Gasteiger charge is 2.13. The van der Waals surface area contributed by atoms with Crippen LogP contribution in [0.2, 0.25) is 10.0 Å². The molecule has 0 unspecified atom stereocenters. The zero-order valence-corrected chi connectivity index (χ0v) is 19.4. The molecular formula is C21H25Cl2NO5S. The molecule has 0 saturated heterocycles. The number of benzene rings is 2. The molecule has 0 aliphatic carbocycles. The number of aromatic hydroxyl groups is 1. The zero-order chi connectivity index (χ0) is 22.5. The number of amides is 1. The fourth-order valence-corrected chi connectivity index (χ4v) is 3.86. The number of sulfone groups is 1. The maximum absolute atomic E-state index is 11.8. The van der Waals surface area contributed by atoms with E-state index in [0.29, 0.717) is 27.8 Å². The molecule has 9 heteroatoms. The van der Waals surface area contributed by atoms with Gasteiger partial charge >= 0.3 is 0 Å². The maximum atomic E-state index is 11.8. The van der Waals surface area contributed by atoms with Crippen molar-refractivity contribution in [2.45, 2.75) is 26.2 Å². The smallest absolute Gasteiger partial charge is 0.257 e. The molecule has 2 rings (SSSR count). The first-order valence-electron chi connectivity index (χ1n) is 9.33. The predicted molar refractivity (Wildman–Crippen MR) is 120 cm³/mol. The molecule has 0 aliphatic heterocycles. The number of carbonyl (C=O) groups excluding carboxylic acids is 1. The largest absolute Gasteiger partial charge is 0.508 e. The van der Waals surface area contributed by atoms with Gasteiger partial charge in [0.15, 0.2) is 6.61 Å². The molecule has 0 fully saturated rings. The fraction of sp³-hybridized carbons (Fsp3) is 0.381. The van der Waals surface area contributed by atoms with E-state index < -0.39 is 15.7 Å². The van der Waals surface area contributed by atoms with Gasteiger partial charge in [0.2, 0.25) is 0 Å². The van der Waals surface area contributed by atoms with Gasteiger partial charge in [-0.05, 0) is 40.8 Å². The van der Waals surface area contributed by atoms with Gasteiger partial charge < -0.3 is 15.2 Å². The van der Waals surface area contributed by atoms with Crippen LogP contribution in [0.25, 0.3) is 0 Å². The fourth-order valence-electron chi connectivity index (χ4n) is 2.79. The summed E-state index contributed by atoms with van der Waals surface area (Å²) in [5.74, 6) is 0.182. The minimum absolute atomic E-state index is 0.0203. The number of hydrogen-bond acceptors (Lipinski definition) is 5. The van der Waals surface area contributed by atoms with Gasteiger partial charge in [0.05, 0.1) is 5.75 Å². The normalized spacial score (nSPS) is 11.5. The van der Waals surface area contributed by atoms with Crippen LogP contribution in [0, 0.1) is 0 Å². The van der Waals surface area contributed by atoms with Crippen LogP contribution in [0.3, 0.4) is 0 Å². The highest BCUT2D eigenvalue weighted by Crippen LogP contribution is 2.33. The number of ether oxygens (including phenoxy) is 1. The van der Waals surface area contributed by atoms with E-state index in [4.69, 9.17) is 27.9 Å². The molecule has 0 aliphatic rings. The van der Waals surface area contributed by atoms with Crippen molar-refractivity contribution in [1.82, 2.24) is 5.32 Å². The Balaban J connectivity index is 2.03. The Hall–Kier alpha value is -1.96. The molecule has 0 bridgehead atoms. The highest BCUT2D eigenvalue weighted by molar-refractivity contribution is 7.90. The van der Waals surface area contributed by atoms with E-state index in [1.165, 1.54) is 0 Å². The first-order valence-corrected chi connectivity index (χ1v) is 12.1. The Kier molecular flexibility index (Phi) is 8.41. The molecule has 6 nitrogen and oxygen atoms in total. The van der Waals surface area contributed by atoms with Gasteiger partial charge in [0.1, 0.15) is 21.3 Å². The van der Waals surface area contributed by atoms with E-state index in [1.807, 2.05) is 26.0 Å². The summed E-state index contributed by atoms with van der Waals surface area (Å²) in [6.07, 6.45) is 1.58. The van der Waals surface area contributed by atoms with Gasteiger partial charge in [-0.3, -0.25) is 4.79 Å². The standard InChI is InChI=1S/C21H25Cl2NO5S/c1-13(2)16-8-14(4-5-20(16)25)9-17-18(22)10-15(11-19(17)23)29-12-21(26)24-6-7-30(3,27)28/h4-5,8,10-11,13,25H,6-7,9,12H2,1-3H3,(H,24,26). The van der Waals surface area contributed by atoms with Crippen LogP contribution >= 0.6 is 23.2 Å². The predicted octanol–water partition coefficient (Wildman–Crippen LogP) is 3.95. The average molecular weight is 474 g/mol. The lowest BCUT2D eigenvalue weighted by Crippen LogP contribution is -2.32. The second-order valence-electron chi connectivity index (χ2n) is 7.36. The van der Waals surface area contributed by atoms with Gasteiger partial charge in [-0.15, -0.1) is 0 Å². The Morgan fingerprint density at radius 1 is 1.17 bits per heavy atom. The molecule has 164 valence electrons. The number of rotatable bonds is 9. The molecule has 2 N–H and O–H groups in total. The quantitative estimate of drug-likeness (QED) is 0.574. The van der Waals surface area contributed by atoms with Crippen molar-refractivity contribution in [3.8, 4) is 11.5 Å². The van der Waals surface area contributed by atoms with E-state index in [0.717, 1.165) is 17.4 Å². The van der Waals surface area contributed by atoms with Crippen molar-refractivity contribution in [2.75, 3.05) is 25.2 Å². The lowest BCUT2D eigenvalue weighted by molar-refractivity contribution is -0.122. The van der Waals surface area contributed by atoms with Gasteiger partial charge in [-0.2, -0.15) is 0 Å². The minimum Gasteiger partial charge on any atom is -0.508 e. The summed E-state index contributed by atoms with van der Waals surface area (Å²) < 4.78 is 27.6. The third kappa shape index (κ3) is 7.38. The second-order valence-corrected chi connectivity index (χ2v) is 10.4. The topological polar surface area (TPSA) is 92.7 Å². The molecule has 2 aromatic rings. The molecule has 0 atom stereocenters. The zero-order valence-electron chi connectivity index (χ0n) is 17.0. The van der Waals surface area contributed by atoms with E-state index >= 15 is 0 Å². The molecule has 0 heterocycles. The number of phenols is 1. The number of halogens is 2. The van der Waals surface area contributed by atoms with Crippen LogP contribution in [0.5, 0.6) is 11.5 Å². The first kappa shape index (κ1) is 24.3. The molecular weight excluding hydrogens is 449 g/mol. The summed E-state index contributed by atoms with van der Waals surface area (Å²) in [7, 11) is -3.14. The molecule has 2 aromatic carbocycles. The van der Waals surface area contributed by atoms with Crippen LogP contribution in [0.4, 0.5) is 0 Å². The maximum Gasteiger partial charge on any atom is 0.257 e. The van der Waals surface area contributed by atoms with E-state index in [2.05, 4.69) is 5.32 Å². The summed E-state index contributed by atoms with van der Waals surface area (Å²) in [5.41, 5.74) is 2.52.